The summed E-state index contributed by atoms with van der Waals surface area (Å²) >= 11 is 0. The molecule has 36 heavy (non-hydrogen) atoms. The first-order valence-corrected chi connectivity index (χ1v) is 11.7. The van der Waals surface area contributed by atoms with Crippen LogP contribution < -0.4 is 10.6 Å². The molecule has 12 nitrogen and oxygen atoms in total. The van der Waals surface area contributed by atoms with Crippen LogP contribution in [-0.4, -0.2) is 62.1 Å². The molecule has 200 valence electrons. The predicted molar refractivity (Wildman–Crippen MR) is 125 cm³/mol. The van der Waals surface area contributed by atoms with Crippen molar-refractivity contribution in [1.29, 1.82) is 10.5 Å². The Morgan fingerprint density at radius 3 is 1.89 bits per heavy atom. The van der Waals surface area contributed by atoms with Crippen LogP contribution in [0.5, 0.6) is 0 Å². The molecule has 0 saturated heterocycles. The quantitative estimate of drug-likeness (QED) is 0.311. The van der Waals surface area contributed by atoms with Crippen LogP contribution in [-0.2, 0) is 28.5 Å². The van der Waals surface area contributed by atoms with E-state index in [0.29, 0.717) is 19.4 Å². The zero-order valence-corrected chi connectivity index (χ0v) is 21.5. The standard InChI is InChI=1S/C24H36N4O8/c1-16(12-33-19(29)6-8-25)35-21(31)27-15-24(5)11-18(10-23(3,4)14-24)28-22(32)36-17(2)13-34-20(30)7-9-26/h16-18H,6-7,10-15H2,1-5H3,(H,27,31)(H,28,32). The van der Waals surface area contributed by atoms with E-state index in [1.165, 1.54) is 0 Å². The Hall–Kier alpha value is -3.54. The first-order chi connectivity index (χ1) is 16.8. The maximum atomic E-state index is 12.4. The summed E-state index contributed by atoms with van der Waals surface area (Å²) in [6, 6.07) is 3.15. The number of nitrogens with zero attached hydrogens (tertiary/aromatic N) is 2. The van der Waals surface area contributed by atoms with Crippen molar-refractivity contribution in [3.63, 3.8) is 0 Å². The molecule has 12 heteroatoms. The number of hydrogen-bond acceptors (Lipinski definition) is 10. The molecule has 0 aromatic rings. The van der Waals surface area contributed by atoms with Crippen molar-refractivity contribution < 1.29 is 38.1 Å². The molecule has 1 saturated carbocycles. The number of esters is 2. The lowest BCUT2D eigenvalue weighted by atomic mass is 9.62. The minimum absolute atomic E-state index is 0.128. The minimum atomic E-state index is -0.687. The molecule has 0 aromatic heterocycles. The van der Waals surface area contributed by atoms with Crippen LogP contribution >= 0.6 is 0 Å². The molecular weight excluding hydrogens is 472 g/mol. The molecule has 1 rings (SSSR count). The largest absolute Gasteiger partial charge is 0.461 e. The van der Waals surface area contributed by atoms with Gasteiger partial charge < -0.3 is 29.6 Å². The van der Waals surface area contributed by atoms with Crippen molar-refractivity contribution in [3.05, 3.63) is 0 Å². The number of amides is 2. The molecule has 0 aromatic carbocycles. The Morgan fingerprint density at radius 1 is 0.889 bits per heavy atom. The van der Waals surface area contributed by atoms with Crippen molar-refractivity contribution in [2.24, 2.45) is 10.8 Å². The third-order valence-corrected chi connectivity index (χ3v) is 5.45. The summed E-state index contributed by atoms with van der Waals surface area (Å²) in [7, 11) is 0. The van der Waals surface area contributed by atoms with Crippen molar-refractivity contribution >= 4 is 24.1 Å². The second-order valence-electron chi connectivity index (χ2n) is 10.2. The first-order valence-electron chi connectivity index (χ1n) is 11.7. The fourth-order valence-corrected chi connectivity index (χ4v) is 4.48. The lowest BCUT2D eigenvalue weighted by Crippen LogP contribution is -2.51. The van der Waals surface area contributed by atoms with Crippen LogP contribution in [0.1, 0.15) is 66.7 Å². The molecule has 1 aliphatic rings. The van der Waals surface area contributed by atoms with Gasteiger partial charge in [-0.3, -0.25) is 9.59 Å². The molecule has 2 amide bonds. The summed E-state index contributed by atoms with van der Waals surface area (Å²) in [6.07, 6.45) is -1.34. The number of alkyl carbamates (subject to hydrolysis) is 2. The van der Waals surface area contributed by atoms with Crippen molar-refractivity contribution in [1.82, 2.24) is 10.6 Å². The maximum absolute atomic E-state index is 12.4. The van der Waals surface area contributed by atoms with Crippen LogP contribution in [0, 0.1) is 33.5 Å². The fourth-order valence-electron chi connectivity index (χ4n) is 4.48. The van der Waals surface area contributed by atoms with E-state index >= 15 is 0 Å². The summed E-state index contributed by atoms with van der Waals surface area (Å²) in [5.41, 5.74) is -0.475. The summed E-state index contributed by atoms with van der Waals surface area (Å²) in [6.45, 7) is 9.32. The molecule has 1 fully saturated rings. The van der Waals surface area contributed by atoms with E-state index in [0.717, 1.165) is 6.42 Å². The SMILES string of the molecule is CC(COC(=O)CC#N)OC(=O)NCC1(C)CC(NC(=O)OC(C)COC(=O)CC#N)CC(C)(C)C1. The Kier molecular flexibility index (Phi) is 12.0. The van der Waals surface area contributed by atoms with Gasteiger partial charge in [0.1, 0.15) is 38.3 Å². The molecule has 0 bridgehead atoms. The van der Waals surface area contributed by atoms with Crippen LogP contribution in [0.3, 0.4) is 0 Å². The van der Waals surface area contributed by atoms with Gasteiger partial charge in [-0.1, -0.05) is 20.8 Å². The Bertz CT molecular complexity index is 878. The molecule has 4 atom stereocenters. The predicted octanol–water partition coefficient (Wildman–Crippen LogP) is 2.71. The average molecular weight is 509 g/mol. The number of ether oxygens (including phenoxy) is 4. The molecular formula is C24H36N4O8. The van der Waals surface area contributed by atoms with Gasteiger partial charge in [0.15, 0.2) is 0 Å². The third-order valence-electron chi connectivity index (χ3n) is 5.45. The Balaban J connectivity index is 2.55. The first kappa shape index (κ1) is 30.5. The van der Waals surface area contributed by atoms with E-state index in [9.17, 15) is 19.2 Å². The maximum Gasteiger partial charge on any atom is 0.407 e. The highest BCUT2D eigenvalue weighted by Gasteiger charge is 2.42. The zero-order valence-electron chi connectivity index (χ0n) is 21.5. The highest BCUT2D eigenvalue weighted by Crippen LogP contribution is 2.45. The van der Waals surface area contributed by atoms with Gasteiger partial charge in [-0.15, -0.1) is 0 Å². The van der Waals surface area contributed by atoms with Crippen molar-refractivity contribution in [2.45, 2.75) is 85.0 Å². The average Bonchev–Trinajstić information content (AvgIpc) is 2.74. The summed E-state index contributed by atoms with van der Waals surface area (Å²) < 4.78 is 20.2. The third kappa shape index (κ3) is 12.2. The lowest BCUT2D eigenvalue weighted by Gasteiger charge is -2.46. The van der Waals surface area contributed by atoms with Gasteiger partial charge >= 0.3 is 24.1 Å². The molecule has 0 heterocycles. The molecule has 0 spiro atoms. The molecule has 2 N–H and O–H groups in total. The minimum Gasteiger partial charge on any atom is -0.461 e. The number of carbonyl (C=O) groups excluding carboxylic acids is 4. The highest BCUT2D eigenvalue weighted by atomic mass is 16.6. The van der Waals surface area contributed by atoms with Gasteiger partial charge in [0, 0.05) is 12.6 Å². The van der Waals surface area contributed by atoms with E-state index in [1.54, 1.807) is 26.0 Å². The fraction of sp³-hybridized carbons (Fsp3) is 0.750. The second kappa shape index (κ2) is 14.1. The lowest BCUT2D eigenvalue weighted by molar-refractivity contribution is -0.145. The number of rotatable bonds is 11. The van der Waals surface area contributed by atoms with Gasteiger partial charge in [0.2, 0.25) is 0 Å². The van der Waals surface area contributed by atoms with Crippen molar-refractivity contribution in [2.75, 3.05) is 19.8 Å². The van der Waals surface area contributed by atoms with E-state index in [1.807, 2.05) is 6.92 Å². The zero-order chi connectivity index (χ0) is 27.4. The van der Waals surface area contributed by atoms with Crippen LogP contribution in [0.2, 0.25) is 0 Å². The molecule has 1 aliphatic carbocycles. The second-order valence-corrected chi connectivity index (χ2v) is 10.2. The molecule has 0 aliphatic heterocycles. The molecule has 4 unspecified atom stereocenters. The van der Waals surface area contributed by atoms with Gasteiger partial charge in [-0.25, -0.2) is 9.59 Å². The van der Waals surface area contributed by atoms with Gasteiger partial charge in [0.05, 0.1) is 12.1 Å². The highest BCUT2D eigenvalue weighted by molar-refractivity contribution is 5.72. The smallest absolute Gasteiger partial charge is 0.407 e. The van der Waals surface area contributed by atoms with Crippen LogP contribution in [0.4, 0.5) is 9.59 Å². The summed E-state index contributed by atoms with van der Waals surface area (Å²) in [5.74, 6) is -1.37. The van der Waals surface area contributed by atoms with Gasteiger partial charge in [0.25, 0.3) is 0 Å². The normalized spacial score (nSPS) is 21.9. The topological polar surface area (TPSA) is 177 Å². The Labute approximate surface area is 211 Å². The van der Waals surface area contributed by atoms with Crippen molar-refractivity contribution in [3.8, 4) is 12.1 Å². The molecule has 0 radical (unpaired) electrons. The number of nitriles is 2. The number of hydrogen-bond donors (Lipinski definition) is 2. The summed E-state index contributed by atoms with van der Waals surface area (Å²) in [5, 5.41) is 22.5. The van der Waals surface area contributed by atoms with E-state index in [4.69, 9.17) is 29.5 Å². The summed E-state index contributed by atoms with van der Waals surface area (Å²) in [4.78, 5) is 47.1. The monoisotopic (exact) mass is 508 g/mol. The van der Waals surface area contributed by atoms with Gasteiger partial charge in [-0.05, 0) is 43.9 Å². The van der Waals surface area contributed by atoms with E-state index in [2.05, 4.69) is 24.5 Å². The van der Waals surface area contributed by atoms with Crippen LogP contribution in [0.15, 0.2) is 0 Å². The van der Waals surface area contributed by atoms with Gasteiger partial charge in [-0.2, -0.15) is 10.5 Å². The Morgan fingerprint density at radius 2 is 1.39 bits per heavy atom. The number of nitrogens with one attached hydrogen (secondary N) is 2. The van der Waals surface area contributed by atoms with E-state index < -0.39 is 36.3 Å². The number of carbonyl (C=O) groups is 4. The van der Waals surface area contributed by atoms with E-state index in [-0.39, 0.29) is 42.9 Å². The van der Waals surface area contributed by atoms with Crippen LogP contribution in [0.25, 0.3) is 0 Å².